The summed E-state index contributed by atoms with van der Waals surface area (Å²) in [6.45, 7) is 1.51. The molecule has 0 aromatic carbocycles. The van der Waals surface area contributed by atoms with Gasteiger partial charge in [-0.3, -0.25) is 4.79 Å². The van der Waals surface area contributed by atoms with Crippen LogP contribution in [0.4, 0.5) is 0 Å². The van der Waals surface area contributed by atoms with Crippen LogP contribution in [0.5, 0.6) is 0 Å². The van der Waals surface area contributed by atoms with Crippen LogP contribution in [0.25, 0.3) is 0 Å². The molecule has 0 spiro atoms. The lowest BCUT2D eigenvalue weighted by molar-refractivity contribution is -0.121. The van der Waals surface area contributed by atoms with Gasteiger partial charge in [-0.2, -0.15) is 0 Å². The summed E-state index contributed by atoms with van der Waals surface area (Å²) >= 11 is 0. The quantitative estimate of drug-likeness (QED) is 0.639. The molecule has 0 radical (unpaired) electrons. The van der Waals surface area contributed by atoms with Crippen LogP contribution in [0.1, 0.15) is 25.7 Å². The molecule has 1 saturated heterocycles. The van der Waals surface area contributed by atoms with Crippen LogP contribution in [-0.4, -0.2) is 36.9 Å². The number of nitrogens with one attached hydrogen (secondary N) is 1. The van der Waals surface area contributed by atoms with Gasteiger partial charge in [0.1, 0.15) is 0 Å². The predicted octanol–water partition coefficient (Wildman–Crippen LogP) is 0.0541. The fraction of sp³-hybridized carbons (Fsp3) is 0.889. The first kappa shape index (κ1) is 10.5. The van der Waals surface area contributed by atoms with Gasteiger partial charge in [0, 0.05) is 26.2 Å². The first-order valence-electron chi connectivity index (χ1n) is 4.82. The molecule has 0 saturated carbocycles. The van der Waals surface area contributed by atoms with Gasteiger partial charge in [-0.05, 0) is 19.3 Å². The average molecular weight is 187 g/mol. The number of ether oxygens (including phenoxy) is 1. The fourth-order valence-corrected chi connectivity index (χ4v) is 1.36. The Kier molecular flexibility index (Phi) is 4.78. The van der Waals surface area contributed by atoms with Crippen molar-refractivity contribution in [1.82, 2.24) is 5.32 Å². The monoisotopic (exact) mass is 187 g/mol. The van der Waals surface area contributed by atoms with Crippen molar-refractivity contribution in [3.63, 3.8) is 0 Å². The maximum absolute atomic E-state index is 11.1. The average Bonchev–Trinajstić information content (AvgIpc) is 2.64. The van der Waals surface area contributed by atoms with Crippen molar-refractivity contribution in [1.29, 1.82) is 0 Å². The van der Waals surface area contributed by atoms with Gasteiger partial charge in [-0.1, -0.05) is 0 Å². The number of amides is 1. The second-order valence-electron chi connectivity index (χ2n) is 3.27. The highest BCUT2D eigenvalue weighted by Crippen LogP contribution is 2.10. The van der Waals surface area contributed by atoms with Crippen LogP contribution in [-0.2, 0) is 9.53 Å². The molecule has 1 unspecified atom stereocenters. The minimum absolute atomic E-state index is 0.00421. The van der Waals surface area contributed by atoms with Crippen molar-refractivity contribution in [3.05, 3.63) is 0 Å². The third kappa shape index (κ3) is 4.24. The molecule has 76 valence electrons. The highest BCUT2D eigenvalue weighted by atomic mass is 16.5. The SMILES string of the molecule is O=C(CCCO)NCC1CCCO1. The second-order valence-corrected chi connectivity index (χ2v) is 3.27. The second kappa shape index (κ2) is 5.94. The molecule has 0 aromatic rings. The maximum Gasteiger partial charge on any atom is 0.220 e. The minimum atomic E-state index is 0.00421. The summed E-state index contributed by atoms with van der Waals surface area (Å²) in [4.78, 5) is 11.1. The van der Waals surface area contributed by atoms with Gasteiger partial charge in [-0.15, -0.1) is 0 Å². The van der Waals surface area contributed by atoms with Crippen LogP contribution in [0, 0.1) is 0 Å². The lowest BCUT2D eigenvalue weighted by Crippen LogP contribution is -2.31. The zero-order valence-electron chi connectivity index (χ0n) is 7.79. The summed E-state index contributed by atoms with van der Waals surface area (Å²) in [5.41, 5.74) is 0. The van der Waals surface area contributed by atoms with Crippen molar-refractivity contribution < 1.29 is 14.6 Å². The Morgan fingerprint density at radius 3 is 3.08 bits per heavy atom. The highest BCUT2D eigenvalue weighted by Gasteiger charge is 2.15. The van der Waals surface area contributed by atoms with Crippen molar-refractivity contribution in [3.8, 4) is 0 Å². The first-order valence-corrected chi connectivity index (χ1v) is 4.82. The van der Waals surface area contributed by atoms with E-state index in [1.165, 1.54) is 0 Å². The number of hydrogen-bond donors (Lipinski definition) is 2. The Morgan fingerprint density at radius 1 is 1.62 bits per heavy atom. The molecule has 1 aliphatic heterocycles. The molecule has 1 aliphatic rings. The molecule has 13 heavy (non-hydrogen) atoms. The van der Waals surface area contributed by atoms with E-state index in [0.29, 0.717) is 19.4 Å². The summed E-state index contributed by atoms with van der Waals surface area (Å²) < 4.78 is 5.34. The summed E-state index contributed by atoms with van der Waals surface area (Å²) in [7, 11) is 0. The molecule has 1 fully saturated rings. The molecule has 4 nitrogen and oxygen atoms in total. The summed E-state index contributed by atoms with van der Waals surface area (Å²) in [6.07, 6.45) is 3.29. The van der Waals surface area contributed by atoms with E-state index in [9.17, 15) is 4.79 Å². The largest absolute Gasteiger partial charge is 0.396 e. The standard InChI is InChI=1S/C9H17NO3/c11-5-1-4-9(12)10-7-8-3-2-6-13-8/h8,11H,1-7H2,(H,10,12). The molecule has 1 heterocycles. The van der Waals surface area contributed by atoms with Crippen LogP contribution in [0.3, 0.4) is 0 Å². The van der Waals surface area contributed by atoms with Crippen molar-refractivity contribution >= 4 is 5.91 Å². The van der Waals surface area contributed by atoms with Gasteiger partial charge in [-0.25, -0.2) is 0 Å². The van der Waals surface area contributed by atoms with E-state index in [-0.39, 0.29) is 18.6 Å². The fourth-order valence-electron chi connectivity index (χ4n) is 1.36. The smallest absolute Gasteiger partial charge is 0.220 e. The van der Waals surface area contributed by atoms with Gasteiger partial charge in [0.25, 0.3) is 0 Å². The lowest BCUT2D eigenvalue weighted by atomic mass is 10.2. The summed E-state index contributed by atoms with van der Waals surface area (Å²) in [5, 5.41) is 11.3. The molecule has 1 rings (SSSR count). The van der Waals surface area contributed by atoms with E-state index in [0.717, 1.165) is 19.4 Å². The number of carbonyl (C=O) groups excluding carboxylic acids is 1. The summed E-state index contributed by atoms with van der Waals surface area (Å²) in [6, 6.07) is 0. The molecule has 1 atom stereocenters. The van der Waals surface area contributed by atoms with Crippen LogP contribution < -0.4 is 5.32 Å². The Balaban J connectivity index is 2.00. The number of hydrogen-bond acceptors (Lipinski definition) is 3. The number of carbonyl (C=O) groups is 1. The van der Waals surface area contributed by atoms with Gasteiger partial charge in [0.05, 0.1) is 6.10 Å². The van der Waals surface area contributed by atoms with Crippen molar-refractivity contribution in [2.75, 3.05) is 19.8 Å². The van der Waals surface area contributed by atoms with E-state index < -0.39 is 0 Å². The Labute approximate surface area is 78.3 Å². The molecular formula is C9H17NO3. The number of aliphatic hydroxyl groups excluding tert-OH is 1. The van der Waals surface area contributed by atoms with Crippen LogP contribution in [0.2, 0.25) is 0 Å². The molecule has 0 aliphatic carbocycles. The first-order chi connectivity index (χ1) is 6.33. The van der Waals surface area contributed by atoms with E-state index in [1.807, 2.05) is 0 Å². The molecule has 4 heteroatoms. The lowest BCUT2D eigenvalue weighted by Gasteiger charge is -2.10. The van der Waals surface area contributed by atoms with E-state index in [4.69, 9.17) is 9.84 Å². The number of rotatable bonds is 5. The molecule has 2 N–H and O–H groups in total. The van der Waals surface area contributed by atoms with Crippen molar-refractivity contribution in [2.24, 2.45) is 0 Å². The Morgan fingerprint density at radius 2 is 2.46 bits per heavy atom. The van der Waals surface area contributed by atoms with Gasteiger partial charge < -0.3 is 15.2 Å². The third-order valence-electron chi connectivity index (χ3n) is 2.11. The minimum Gasteiger partial charge on any atom is -0.396 e. The van der Waals surface area contributed by atoms with Gasteiger partial charge in [0.15, 0.2) is 0 Å². The molecular weight excluding hydrogens is 170 g/mol. The Bertz CT molecular complexity index is 155. The normalized spacial score (nSPS) is 21.8. The number of aliphatic hydroxyl groups is 1. The predicted molar refractivity (Wildman–Crippen MR) is 48.3 cm³/mol. The zero-order chi connectivity index (χ0) is 9.52. The van der Waals surface area contributed by atoms with Crippen molar-refractivity contribution in [2.45, 2.75) is 31.8 Å². The zero-order valence-corrected chi connectivity index (χ0v) is 7.79. The highest BCUT2D eigenvalue weighted by molar-refractivity contribution is 5.75. The van der Waals surface area contributed by atoms with Gasteiger partial charge in [0.2, 0.25) is 5.91 Å². The van der Waals surface area contributed by atoms with E-state index in [1.54, 1.807) is 0 Å². The summed E-state index contributed by atoms with van der Waals surface area (Å²) in [5.74, 6) is 0.00421. The molecule has 0 bridgehead atoms. The van der Waals surface area contributed by atoms with E-state index >= 15 is 0 Å². The maximum atomic E-state index is 11.1. The Hall–Kier alpha value is -0.610. The third-order valence-corrected chi connectivity index (χ3v) is 2.11. The van der Waals surface area contributed by atoms with Crippen LogP contribution >= 0.6 is 0 Å². The molecule has 0 aromatic heterocycles. The molecule has 1 amide bonds. The van der Waals surface area contributed by atoms with Gasteiger partial charge >= 0.3 is 0 Å². The van der Waals surface area contributed by atoms with E-state index in [2.05, 4.69) is 5.32 Å². The van der Waals surface area contributed by atoms with Crippen LogP contribution in [0.15, 0.2) is 0 Å². The topological polar surface area (TPSA) is 58.6 Å².